The van der Waals surface area contributed by atoms with E-state index in [4.69, 9.17) is 0 Å². The molecule has 4 rings (SSSR count). The first-order chi connectivity index (χ1) is 16.2. The fourth-order valence-electron chi connectivity index (χ4n) is 6.29. The third kappa shape index (κ3) is 5.67. The van der Waals surface area contributed by atoms with Gasteiger partial charge < -0.3 is 15.1 Å². The number of hydrogen-bond acceptors (Lipinski definition) is 3. The van der Waals surface area contributed by atoms with E-state index < -0.39 is 0 Å². The zero-order valence-corrected chi connectivity index (χ0v) is 21.9. The molecule has 3 aliphatic rings. The molecule has 0 saturated carbocycles. The molecule has 2 saturated heterocycles. The van der Waals surface area contributed by atoms with Crippen molar-refractivity contribution in [2.24, 2.45) is 11.3 Å². The van der Waals surface area contributed by atoms with E-state index in [0.717, 1.165) is 32.2 Å². The zero-order chi connectivity index (χ0) is 24.3. The Kier molecular flexibility index (Phi) is 7.71. The minimum absolute atomic E-state index is 0.0849. The van der Waals surface area contributed by atoms with Crippen molar-refractivity contribution in [3.05, 3.63) is 35.4 Å². The van der Waals surface area contributed by atoms with Crippen molar-refractivity contribution in [2.75, 3.05) is 32.7 Å². The van der Waals surface area contributed by atoms with Crippen LogP contribution in [-0.4, -0.2) is 54.3 Å². The Hall–Kier alpha value is -1.88. The van der Waals surface area contributed by atoms with E-state index in [1.54, 1.807) is 0 Å². The summed E-state index contributed by atoms with van der Waals surface area (Å²) in [6.07, 6.45) is 8.13. The van der Waals surface area contributed by atoms with Crippen molar-refractivity contribution < 1.29 is 9.59 Å². The van der Waals surface area contributed by atoms with E-state index in [9.17, 15) is 9.59 Å². The van der Waals surface area contributed by atoms with Crippen molar-refractivity contribution in [3.8, 4) is 0 Å². The highest BCUT2D eigenvalue weighted by Gasteiger charge is 2.42. The molecule has 0 aromatic heterocycles. The van der Waals surface area contributed by atoms with Gasteiger partial charge in [-0.2, -0.15) is 0 Å². The molecule has 2 aliphatic heterocycles. The number of hydrogen-bond donors (Lipinski definition) is 1. The van der Waals surface area contributed by atoms with Gasteiger partial charge in [0.15, 0.2) is 0 Å². The summed E-state index contributed by atoms with van der Waals surface area (Å²) in [6.45, 7) is 13.8. The van der Waals surface area contributed by atoms with E-state index in [2.05, 4.69) is 55.3 Å². The van der Waals surface area contributed by atoms with Crippen LogP contribution in [0.15, 0.2) is 24.3 Å². The van der Waals surface area contributed by atoms with Crippen molar-refractivity contribution in [3.63, 3.8) is 0 Å². The standard InChI is InChI=1S/C29H45N3O2/c1-5-26(33)32-17-8-9-22(21-32)27(34)30-25-12-13-29(24-11-7-6-10-23(24)25)15-19-31(20-16-29)18-14-28(2,3)4/h6-7,10-11,22,25H,5,8-9,12-21H2,1-4H3,(H,30,34)/t22?,25-/m0/s1. The van der Waals surface area contributed by atoms with Gasteiger partial charge in [-0.05, 0) is 86.5 Å². The second-order valence-electron chi connectivity index (χ2n) is 12.2. The van der Waals surface area contributed by atoms with Crippen LogP contribution in [0.3, 0.4) is 0 Å². The van der Waals surface area contributed by atoms with E-state index in [1.165, 1.54) is 50.0 Å². The third-order valence-corrected chi connectivity index (χ3v) is 8.57. The first kappa shape index (κ1) is 25.2. The maximum Gasteiger partial charge on any atom is 0.225 e. The second-order valence-corrected chi connectivity index (χ2v) is 12.2. The molecule has 2 atom stereocenters. The molecule has 2 amide bonds. The summed E-state index contributed by atoms with van der Waals surface area (Å²) < 4.78 is 0. The van der Waals surface area contributed by atoms with Crippen molar-refractivity contribution >= 4 is 11.8 Å². The molecule has 188 valence electrons. The Morgan fingerprint density at radius 2 is 1.79 bits per heavy atom. The number of nitrogens with one attached hydrogen (secondary N) is 1. The van der Waals surface area contributed by atoms with Crippen LogP contribution in [-0.2, 0) is 15.0 Å². The topological polar surface area (TPSA) is 52.7 Å². The molecule has 0 bridgehead atoms. The predicted molar refractivity (Wildman–Crippen MR) is 138 cm³/mol. The maximum absolute atomic E-state index is 13.2. The van der Waals surface area contributed by atoms with Crippen LogP contribution < -0.4 is 5.32 Å². The van der Waals surface area contributed by atoms with Gasteiger partial charge in [-0.15, -0.1) is 0 Å². The van der Waals surface area contributed by atoms with Gasteiger partial charge in [0.1, 0.15) is 0 Å². The minimum atomic E-state index is -0.0849. The predicted octanol–water partition coefficient (Wildman–Crippen LogP) is 5.06. The molecule has 0 radical (unpaired) electrons. The van der Waals surface area contributed by atoms with E-state index in [0.29, 0.717) is 18.4 Å². The molecule has 5 nitrogen and oxygen atoms in total. The quantitative estimate of drug-likeness (QED) is 0.659. The van der Waals surface area contributed by atoms with Gasteiger partial charge in [0, 0.05) is 19.5 Å². The average Bonchev–Trinajstić information content (AvgIpc) is 2.84. The van der Waals surface area contributed by atoms with Gasteiger partial charge in [-0.25, -0.2) is 0 Å². The van der Waals surface area contributed by atoms with Crippen LogP contribution in [0.5, 0.6) is 0 Å². The molecule has 34 heavy (non-hydrogen) atoms. The largest absolute Gasteiger partial charge is 0.349 e. The number of carbonyl (C=O) groups is 2. The molecular weight excluding hydrogens is 422 g/mol. The SMILES string of the molecule is CCC(=O)N1CCCC(C(=O)N[C@H]2CCC3(CCN(CCC(C)(C)C)CC3)c3ccccc32)C1. The Balaban J connectivity index is 1.41. The van der Waals surface area contributed by atoms with Gasteiger partial charge in [0.05, 0.1) is 12.0 Å². The Labute approximate surface area is 206 Å². The summed E-state index contributed by atoms with van der Waals surface area (Å²) in [5.74, 6) is 0.205. The first-order valence-electron chi connectivity index (χ1n) is 13.6. The smallest absolute Gasteiger partial charge is 0.225 e. The lowest BCUT2D eigenvalue weighted by Gasteiger charge is -2.47. The summed E-state index contributed by atoms with van der Waals surface area (Å²) in [7, 11) is 0. The van der Waals surface area contributed by atoms with E-state index >= 15 is 0 Å². The molecule has 1 N–H and O–H groups in total. The normalized spacial score (nSPS) is 25.1. The molecule has 1 aliphatic carbocycles. The van der Waals surface area contributed by atoms with Gasteiger partial charge in [-0.3, -0.25) is 9.59 Å². The highest BCUT2D eigenvalue weighted by Crippen LogP contribution is 2.48. The van der Waals surface area contributed by atoms with E-state index in [-0.39, 0.29) is 29.2 Å². The molecule has 2 heterocycles. The summed E-state index contributed by atoms with van der Waals surface area (Å²) in [6, 6.07) is 8.94. The van der Waals surface area contributed by atoms with Crippen molar-refractivity contribution in [1.29, 1.82) is 0 Å². The number of likely N-dealkylation sites (tertiary alicyclic amines) is 2. The van der Waals surface area contributed by atoms with Crippen LogP contribution in [0.25, 0.3) is 0 Å². The molecule has 2 fully saturated rings. The van der Waals surface area contributed by atoms with Gasteiger partial charge in [0.2, 0.25) is 11.8 Å². The summed E-state index contributed by atoms with van der Waals surface area (Å²) in [5, 5.41) is 3.40. The van der Waals surface area contributed by atoms with Gasteiger partial charge >= 0.3 is 0 Å². The second kappa shape index (κ2) is 10.4. The lowest BCUT2D eigenvalue weighted by molar-refractivity contribution is -0.135. The molecular formula is C29H45N3O2. The highest BCUT2D eigenvalue weighted by atomic mass is 16.2. The number of carbonyl (C=O) groups excluding carboxylic acids is 2. The molecule has 1 aromatic rings. The number of rotatable bonds is 5. The third-order valence-electron chi connectivity index (χ3n) is 8.57. The van der Waals surface area contributed by atoms with E-state index in [1.807, 2.05) is 11.8 Å². The van der Waals surface area contributed by atoms with Crippen LogP contribution in [0, 0.1) is 11.3 Å². The number of amides is 2. The monoisotopic (exact) mass is 467 g/mol. The number of fused-ring (bicyclic) bond motifs is 2. The molecule has 1 aromatic carbocycles. The highest BCUT2D eigenvalue weighted by molar-refractivity contribution is 5.81. The summed E-state index contributed by atoms with van der Waals surface area (Å²) >= 11 is 0. The zero-order valence-electron chi connectivity index (χ0n) is 21.9. The summed E-state index contributed by atoms with van der Waals surface area (Å²) in [5.41, 5.74) is 3.43. The number of piperidine rings is 2. The average molecular weight is 468 g/mol. The lowest BCUT2D eigenvalue weighted by atomic mass is 9.63. The summed E-state index contributed by atoms with van der Waals surface area (Å²) in [4.78, 5) is 29.9. The van der Waals surface area contributed by atoms with Crippen LogP contribution in [0.2, 0.25) is 0 Å². The minimum Gasteiger partial charge on any atom is -0.349 e. The Morgan fingerprint density at radius 3 is 2.50 bits per heavy atom. The van der Waals surface area contributed by atoms with Crippen LogP contribution >= 0.6 is 0 Å². The molecule has 1 unspecified atom stereocenters. The van der Waals surface area contributed by atoms with Gasteiger partial charge in [-0.1, -0.05) is 52.0 Å². The molecule has 5 heteroatoms. The van der Waals surface area contributed by atoms with Crippen LogP contribution in [0.1, 0.15) is 96.2 Å². The van der Waals surface area contributed by atoms with Crippen molar-refractivity contribution in [2.45, 2.75) is 90.5 Å². The molecule has 1 spiro atoms. The van der Waals surface area contributed by atoms with Crippen LogP contribution in [0.4, 0.5) is 0 Å². The fourth-order valence-corrected chi connectivity index (χ4v) is 6.29. The Morgan fingerprint density at radius 1 is 1.06 bits per heavy atom. The fraction of sp³-hybridized carbons (Fsp3) is 0.724. The Bertz CT molecular complexity index is 866. The lowest BCUT2D eigenvalue weighted by Crippen LogP contribution is -2.48. The number of nitrogens with zero attached hydrogens (tertiary/aromatic N) is 2. The number of benzene rings is 1. The first-order valence-corrected chi connectivity index (χ1v) is 13.6. The maximum atomic E-state index is 13.2. The van der Waals surface area contributed by atoms with Gasteiger partial charge in [0.25, 0.3) is 0 Å². The van der Waals surface area contributed by atoms with Crippen molar-refractivity contribution in [1.82, 2.24) is 15.1 Å².